The molecule has 2 amide bonds. The van der Waals surface area contributed by atoms with Crippen molar-refractivity contribution >= 4 is 11.8 Å². The summed E-state index contributed by atoms with van der Waals surface area (Å²) in [4.78, 5) is 46.5. The summed E-state index contributed by atoms with van der Waals surface area (Å²) in [5.74, 6) is 0.481. The van der Waals surface area contributed by atoms with Gasteiger partial charge in [-0.25, -0.2) is 0 Å². The number of halogens is 3. The quantitative estimate of drug-likeness (QED) is 0.396. The third kappa shape index (κ3) is 26.4. The van der Waals surface area contributed by atoms with Crippen LogP contribution in [0.4, 0.5) is 13.2 Å². The van der Waals surface area contributed by atoms with Gasteiger partial charge in [0.2, 0.25) is 11.8 Å². The third-order valence-corrected chi connectivity index (χ3v) is 14.2. The van der Waals surface area contributed by atoms with E-state index < -0.39 is 12.7 Å². The summed E-state index contributed by atoms with van der Waals surface area (Å²) < 4.78 is 36.1. The van der Waals surface area contributed by atoms with Gasteiger partial charge in [0.15, 0.2) is 0 Å². The van der Waals surface area contributed by atoms with E-state index in [2.05, 4.69) is 156 Å². The van der Waals surface area contributed by atoms with Crippen molar-refractivity contribution in [2.75, 3.05) is 166 Å². The number of likely N-dealkylation sites (N-methyl/N-ethyl adjacent to an activating group) is 4. The minimum Gasteiger partial charge on any atom is -0.343 e. The summed E-state index contributed by atoms with van der Waals surface area (Å²) in [6, 6.07) is 4.99. The molecule has 398 valence electrons. The van der Waals surface area contributed by atoms with Gasteiger partial charge in [-0.2, -0.15) is 13.2 Å². The van der Waals surface area contributed by atoms with Crippen molar-refractivity contribution in [3.63, 3.8) is 0 Å². The molecule has 17 heteroatoms. The fourth-order valence-electron chi connectivity index (χ4n) is 8.53. The lowest BCUT2D eigenvalue weighted by Gasteiger charge is -2.44. The molecule has 0 saturated carbocycles. The van der Waals surface area contributed by atoms with Gasteiger partial charge in [0.05, 0.1) is 19.6 Å². The van der Waals surface area contributed by atoms with Gasteiger partial charge < -0.3 is 20.0 Å². The second kappa shape index (κ2) is 32.3. The Hall–Kier alpha value is -1.67. The normalized spacial score (nSPS) is 24.5. The molecule has 67 heavy (non-hydrogen) atoms. The third-order valence-electron chi connectivity index (χ3n) is 14.2. The van der Waals surface area contributed by atoms with Crippen molar-refractivity contribution in [2.45, 2.75) is 151 Å². The number of carbonyl (C=O) groups excluding carboxylic acids is 2. The van der Waals surface area contributed by atoms with Crippen molar-refractivity contribution < 1.29 is 22.8 Å². The molecule has 0 radical (unpaired) electrons. The van der Waals surface area contributed by atoms with Crippen molar-refractivity contribution in [3.05, 3.63) is 0 Å². The van der Waals surface area contributed by atoms with Gasteiger partial charge in [-0.15, -0.1) is 0 Å². The summed E-state index contributed by atoms with van der Waals surface area (Å²) in [6.07, 6.45) is -4.06. The van der Waals surface area contributed by atoms with E-state index in [4.69, 9.17) is 0 Å². The minimum absolute atomic E-state index is 0.241. The predicted molar refractivity (Wildman–Crippen MR) is 275 cm³/mol. The lowest BCUT2D eigenvalue weighted by atomic mass is 10.1. The molecule has 2 unspecified atom stereocenters. The van der Waals surface area contributed by atoms with Gasteiger partial charge in [-0.1, -0.05) is 0 Å². The van der Waals surface area contributed by atoms with Crippen LogP contribution in [-0.2, 0) is 9.59 Å². The summed E-state index contributed by atoms with van der Waals surface area (Å²) in [7, 11) is 8.14. The Morgan fingerprint density at radius 3 is 1.07 bits per heavy atom. The Balaban J connectivity index is 0.000000404. The smallest absolute Gasteiger partial charge is 0.343 e. The zero-order valence-corrected chi connectivity index (χ0v) is 46.3. The zero-order valence-electron chi connectivity index (χ0n) is 46.3. The van der Waals surface area contributed by atoms with Crippen LogP contribution in [0.15, 0.2) is 0 Å². The van der Waals surface area contributed by atoms with Crippen LogP contribution in [0.25, 0.3) is 0 Å². The number of alkyl halides is 3. The van der Waals surface area contributed by atoms with Gasteiger partial charge in [0, 0.05) is 180 Å². The zero-order chi connectivity index (χ0) is 51.2. The maximum Gasteiger partial charge on any atom is 0.401 e. The molecule has 0 aromatic carbocycles. The van der Waals surface area contributed by atoms with E-state index in [9.17, 15) is 22.8 Å². The molecule has 6 aliphatic heterocycles. The molecule has 6 rings (SSSR count). The first-order valence-corrected chi connectivity index (χ1v) is 26.0. The second-order valence-corrected chi connectivity index (χ2v) is 21.5. The number of amides is 2. The number of hydrogen-bond donors (Lipinski definition) is 1. The average Bonchev–Trinajstić information content (AvgIpc) is 3.25. The van der Waals surface area contributed by atoms with E-state index in [1.54, 1.807) is 9.80 Å². The molecule has 6 saturated heterocycles. The molecule has 6 heterocycles. The number of piperazine rings is 6. The Morgan fingerprint density at radius 2 is 0.776 bits per heavy atom. The fourth-order valence-corrected chi connectivity index (χ4v) is 8.53. The van der Waals surface area contributed by atoms with Gasteiger partial charge in [-0.3, -0.25) is 48.8 Å². The molecule has 0 aromatic rings. The Morgan fingerprint density at radius 1 is 0.463 bits per heavy atom. The summed E-state index contributed by atoms with van der Waals surface area (Å²) in [5.41, 5.74) is 0. The summed E-state index contributed by atoms with van der Waals surface area (Å²) >= 11 is 0. The highest BCUT2D eigenvalue weighted by atomic mass is 19.4. The summed E-state index contributed by atoms with van der Waals surface area (Å²) in [6.45, 7) is 49.8. The van der Waals surface area contributed by atoms with Crippen LogP contribution in [-0.4, -0.2) is 286 Å². The molecule has 2 atom stereocenters. The van der Waals surface area contributed by atoms with E-state index in [0.717, 1.165) is 64.4 Å². The van der Waals surface area contributed by atoms with Gasteiger partial charge >= 0.3 is 6.18 Å². The lowest BCUT2D eigenvalue weighted by molar-refractivity contribution is -0.149. The molecule has 0 spiro atoms. The Bertz CT molecular complexity index is 1260. The predicted octanol–water partition coefficient (Wildman–Crippen LogP) is 4.27. The SMILES string of the molecule is CC(C)N1CC(C)N(C)C(C)C1.CC(C)N1CCN(C)C(=O)C1.CC(C)N1CCN(C)C(=O)C1.CC(C)N1CCN(C)CC1.CC(C)N1CCN(CC(F)(F)F)CC1.CC(C)N1CCNCC1. The van der Waals surface area contributed by atoms with Crippen LogP contribution >= 0.6 is 0 Å². The van der Waals surface area contributed by atoms with E-state index in [1.807, 2.05) is 14.1 Å². The molecule has 0 aliphatic carbocycles. The largest absolute Gasteiger partial charge is 0.401 e. The Labute approximate surface area is 409 Å². The first-order valence-electron chi connectivity index (χ1n) is 26.0. The van der Waals surface area contributed by atoms with Gasteiger partial charge in [0.1, 0.15) is 0 Å². The molecular weight excluding hydrogens is 858 g/mol. The Kier molecular flexibility index (Phi) is 30.6. The van der Waals surface area contributed by atoms with E-state index in [0.29, 0.717) is 62.4 Å². The van der Waals surface area contributed by atoms with Crippen LogP contribution < -0.4 is 5.32 Å². The highest BCUT2D eigenvalue weighted by Gasteiger charge is 2.32. The van der Waals surface area contributed by atoms with Crippen molar-refractivity contribution in [2.24, 2.45) is 0 Å². The maximum atomic E-state index is 12.0. The lowest BCUT2D eigenvalue weighted by Crippen LogP contribution is -2.56. The highest BCUT2D eigenvalue weighted by molar-refractivity contribution is 5.79. The molecule has 6 fully saturated rings. The van der Waals surface area contributed by atoms with Crippen LogP contribution in [0.5, 0.6) is 0 Å². The number of nitrogens with zero attached hydrogens (tertiary/aromatic N) is 11. The monoisotopic (exact) mass is 963 g/mol. The molecule has 0 aromatic heterocycles. The molecule has 14 nitrogen and oxygen atoms in total. The first kappa shape index (κ1) is 63.3. The molecule has 6 aliphatic rings. The van der Waals surface area contributed by atoms with Crippen LogP contribution in [0, 0.1) is 0 Å². The van der Waals surface area contributed by atoms with E-state index in [1.165, 1.54) is 57.3 Å². The van der Waals surface area contributed by atoms with Crippen molar-refractivity contribution in [1.29, 1.82) is 0 Å². The van der Waals surface area contributed by atoms with E-state index in [-0.39, 0.29) is 11.8 Å². The second-order valence-electron chi connectivity index (χ2n) is 21.5. The number of hydrogen-bond acceptors (Lipinski definition) is 12. The van der Waals surface area contributed by atoms with Gasteiger partial charge in [0.25, 0.3) is 0 Å². The topological polar surface area (TPSA) is 81.8 Å². The molecular formula is C50H105F3N12O2. The van der Waals surface area contributed by atoms with Crippen LogP contribution in [0.1, 0.15) is 96.9 Å². The number of nitrogens with one attached hydrogen (secondary N) is 1. The first-order chi connectivity index (χ1) is 31.1. The van der Waals surface area contributed by atoms with Crippen LogP contribution in [0.2, 0.25) is 0 Å². The number of carbonyl (C=O) groups is 2. The van der Waals surface area contributed by atoms with Crippen molar-refractivity contribution in [1.82, 2.24) is 59.2 Å². The average molecular weight is 963 g/mol. The number of rotatable bonds is 7. The molecule has 0 bridgehead atoms. The standard InChI is InChI=1S/C10H22N2.C9H17F3N2.2C8H16N2O.C8H18N2.C7H16N2/c1-8(2)12-6-9(3)11(5)10(4)7-12;1-8(2)14-5-3-13(4-6-14)7-9(10,11)12;2*1-7(2)10-5-4-9(3)8(11)6-10;1-8(2)10-6-4-9(3)5-7-10;1-7(2)9-5-3-8-4-6-9/h8-10H,6-7H2,1-5H3;8H,3-7H2,1-2H3;2*7H,4-6H2,1-3H3;8H,4-7H2,1-3H3;7-8H,3-6H2,1-2H3. The summed E-state index contributed by atoms with van der Waals surface area (Å²) in [5, 5.41) is 3.33. The minimum atomic E-state index is -4.06. The van der Waals surface area contributed by atoms with Crippen LogP contribution in [0.3, 0.4) is 0 Å². The molecule has 1 N–H and O–H groups in total. The van der Waals surface area contributed by atoms with E-state index >= 15 is 0 Å². The fraction of sp³-hybridized carbons (Fsp3) is 0.960. The van der Waals surface area contributed by atoms with Crippen molar-refractivity contribution in [3.8, 4) is 0 Å². The maximum absolute atomic E-state index is 12.0. The highest BCUT2D eigenvalue weighted by Crippen LogP contribution is 2.18. The van der Waals surface area contributed by atoms with Gasteiger partial charge in [-0.05, 0) is 111 Å².